The number of benzene rings is 1. The first-order valence-electron chi connectivity index (χ1n) is 4.78. The SMILES string of the molecule is CC(Cl)CNC(=O)c1ccc(Cl)cc1[N+](=O)[O-]. The topological polar surface area (TPSA) is 72.2 Å². The number of nitrogens with one attached hydrogen (secondary N) is 1. The van der Waals surface area contributed by atoms with Crippen molar-refractivity contribution in [2.24, 2.45) is 0 Å². The number of hydrogen-bond acceptors (Lipinski definition) is 3. The molecule has 0 saturated carbocycles. The van der Waals surface area contributed by atoms with E-state index in [4.69, 9.17) is 23.2 Å². The Morgan fingerprint density at radius 1 is 1.59 bits per heavy atom. The molecule has 17 heavy (non-hydrogen) atoms. The largest absolute Gasteiger partial charge is 0.350 e. The molecular formula is C10H10Cl2N2O3. The van der Waals surface area contributed by atoms with Crippen LogP contribution in [-0.4, -0.2) is 22.8 Å². The predicted molar refractivity (Wildman–Crippen MR) is 65.8 cm³/mol. The molecule has 0 saturated heterocycles. The summed E-state index contributed by atoms with van der Waals surface area (Å²) in [6, 6.07) is 3.88. The average molecular weight is 277 g/mol. The molecule has 0 bridgehead atoms. The number of nitro benzene ring substituents is 1. The van der Waals surface area contributed by atoms with Crippen molar-refractivity contribution in [1.29, 1.82) is 0 Å². The summed E-state index contributed by atoms with van der Waals surface area (Å²) in [4.78, 5) is 21.8. The van der Waals surface area contributed by atoms with Gasteiger partial charge in [-0.05, 0) is 19.1 Å². The normalized spacial score (nSPS) is 11.9. The van der Waals surface area contributed by atoms with Crippen molar-refractivity contribution < 1.29 is 9.72 Å². The first-order valence-corrected chi connectivity index (χ1v) is 5.59. The lowest BCUT2D eigenvalue weighted by atomic mass is 10.1. The Hall–Kier alpha value is -1.33. The summed E-state index contributed by atoms with van der Waals surface area (Å²) >= 11 is 11.3. The molecule has 0 radical (unpaired) electrons. The van der Waals surface area contributed by atoms with Crippen molar-refractivity contribution in [2.75, 3.05) is 6.54 Å². The number of alkyl halides is 1. The molecule has 0 aromatic heterocycles. The van der Waals surface area contributed by atoms with Gasteiger partial charge in [-0.2, -0.15) is 0 Å². The van der Waals surface area contributed by atoms with Crippen LogP contribution in [0.5, 0.6) is 0 Å². The minimum absolute atomic E-state index is 0.0308. The van der Waals surface area contributed by atoms with E-state index in [1.54, 1.807) is 6.92 Å². The minimum Gasteiger partial charge on any atom is -0.350 e. The predicted octanol–water partition coefficient (Wildman–Crippen LogP) is 2.61. The molecule has 0 aliphatic rings. The maximum Gasteiger partial charge on any atom is 0.283 e. The molecule has 1 unspecified atom stereocenters. The Balaban J connectivity index is 2.96. The fraction of sp³-hybridized carbons (Fsp3) is 0.300. The highest BCUT2D eigenvalue weighted by Gasteiger charge is 2.20. The van der Waals surface area contributed by atoms with E-state index >= 15 is 0 Å². The van der Waals surface area contributed by atoms with Crippen LogP contribution in [0.15, 0.2) is 18.2 Å². The van der Waals surface area contributed by atoms with Gasteiger partial charge < -0.3 is 5.32 Å². The number of nitro groups is 1. The van der Waals surface area contributed by atoms with Crippen molar-refractivity contribution in [3.8, 4) is 0 Å². The van der Waals surface area contributed by atoms with Crippen molar-refractivity contribution in [1.82, 2.24) is 5.32 Å². The molecule has 5 nitrogen and oxygen atoms in total. The number of halogens is 2. The molecule has 0 aliphatic carbocycles. The van der Waals surface area contributed by atoms with Gasteiger partial charge in [-0.3, -0.25) is 14.9 Å². The summed E-state index contributed by atoms with van der Waals surface area (Å²) in [6.45, 7) is 1.94. The maximum absolute atomic E-state index is 11.7. The molecule has 1 aromatic rings. The van der Waals surface area contributed by atoms with Crippen LogP contribution < -0.4 is 5.32 Å². The maximum atomic E-state index is 11.7. The molecule has 0 heterocycles. The smallest absolute Gasteiger partial charge is 0.283 e. The van der Waals surface area contributed by atoms with E-state index in [1.165, 1.54) is 12.1 Å². The van der Waals surface area contributed by atoms with Gasteiger partial charge in [0.1, 0.15) is 5.56 Å². The second kappa shape index (κ2) is 5.84. The third-order valence-corrected chi connectivity index (χ3v) is 2.33. The molecule has 1 amide bonds. The van der Waals surface area contributed by atoms with Gasteiger partial charge in [0, 0.05) is 23.0 Å². The molecule has 1 N–H and O–H groups in total. The quantitative estimate of drug-likeness (QED) is 0.522. The zero-order valence-electron chi connectivity index (χ0n) is 8.94. The fourth-order valence-corrected chi connectivity index (χ4v) is 1.42. The van der Waals surface area contributed by atoms with Gasteiger partial charge in [0.25, 0.3) is 11.6 Å². The lowest BCUT2D eigenvalue weighted by Crippen LogP contribution is -2.29. The summed E-state index contributed by atoms with van der Waals surface area (Å²) in [6.07, 6.45) is 0. The number of carbonyl (C=O) groups excluding carboxylic acids is 1. The summed E-state index contributed by atoms with van der Waals surface area (Å²) in [5.41, 5.74) is -0.353. The van der Waals surface area contributed by atoms with E-state index < -0.39 is 10.8 Å². The summed E-state index contributed by atoms with van der Waals surface area (Å²) < 4.78 is 0. The lowest BCUT2D eigenvalue weighted by Gasteiger charge is -2.07. The molecule has 0 spiro atoms. The molecule has 7 heteroatoms. The monoisotopic (exact) mass is 276 g/mol. The highest BCUT2D eigenvalue weighted by molar-refractivity contribution is 6.31. The average Bonchev–Trinajstić information content (AvgIpc) is 2.25. The third kappa shape index (κ3) is 3.87. The standard InChI is InChI=1S/C10H10Cl2N2O3/c1-6(11)5-13-10(15)8-3-2-7(12)4-9(8)14(16)17/h2-4,6H,5H2,1H3,(H,13,15). The Bertz CT molecular complexity index is 449. The zero-order valence-corrected chi connectivity index (χ0v) is 10.5. The van der Waals surface area contributed by atoms with Gasteiger partial charge in [0.15, 0.2) is 0 Å². The van der Waals surface area contributed by atoms with Crippen LogP contribution in [0.3, 0.4) is 0 Å². The van der Waals surface area contributed by atoms with Crippen LogP contribution in [0.4, 0.5) is 5.69 Å². The van der Waals surface area contributed by atoms with Crippen LogP contribution in [0.1, 0.15) is 17.3 Å². The van der Waals surface area contributed by atoms with Gasteiger partial charge in [-0.1, -0.05) is 11.6 Å². The van der Waals surface area contributed by atoms with E-state index in [2.05, 4.69) is 5.32 Å². The molecule has 1 aromatic carbocycles. The molecule has 1 atom stereocenters. The van der Waals surface area contributed by atoms with Crippen LogP contribution >= 0.6 is 23.2 Å². The second-order valence-corrected chi connectivity index (χ2v) is 4.59. The van der Waals surface area contributed by atoms with Gasteiger partial charge in [0.05, 0.1) is 4.92 Å². The molecule has 1 rings (SSSR count). The molecule has 0 fully saturated rings. The van der Waals surface area contributed by atoms with E-state index in [9.17, 15) is 14.9 Å². The van der Waals surface area contributed by atoms with E-state index in [0.717, 1.165) is 6.07 Å². The first-order chi connectivity index (χ1) is 7.91. The third-order valence-electron chi connectivity index (χ3n) is 1.94. The second-order valence-electron chi connectivity index (χ2n) is 3.41. The molecular weight excluding hydrogens is 267 g/mol. The van der Waals surface area contributed by atoms with Crippen molar-refractivity contribution in [3.63, 3.8) is 0 Å². The summed E-state index contributed by atoms with van der Waals surface area (Å²) in [5, 5.41) is 13.2. The number of rotatable bonds is 4. The Morgan fingerprint density at radius 2 is 2.24 bits per heavy atom. The highest BCUT2D eigenvalue weighted by Crippen LogP contribution is 2.23. The van der Waals surface area contributed by atoms with Gasteiger partial charge in [0.2, 0.25) is 0 Å². The number of hydrogen-bond donors (Lipinski definition) is 1. The van der Waals surface area contributed by atoms with Crippen LogP contribution in [-0.2, 0) is 0 Å². The number of nitrogens with zero attached hydrogens (tertiary/aromatic N) is 1. The lowest BCUT2D eigenvalue weighted by molar-refractivity contribution is -0.385. The molecule has 0 aliphatic heterocycles. The first kappa shape index (κ1) is 13.7. The van der Waals surface area contributed by atoms with E-state index in [0.29, 0.717) is 0 Å². The number of amides is 1. The van der Waals surface area contributed by atoms with Crippen molar-refractivity contribution in [2.45, 2.75) is 12.3 Å². The summed E-state index contributed by atoms with van der Waals surface area (Å²) in [5.74, 6) is -0.541. The minimum atomic E-state index is -0.648. The fourth-order valence-electron chi connectivity index (χ4n) is 1.18. The summed E-state index contributed by atoms with van der Waals surface area (Å²) in [7, 11) is 0. The Morgan fingerprint density at radius 3 is 2.76 bits per heavy atom. The number of carbonyl (C=O) groups is 1. The molecule has 92 valence electrons. The van der Waals surface area contributed by atoms with E-state index in [-0.39, 0.29) is 28.2 Å². The van der Waals surface area contributed by atoms with Crippen molar-refractivity contribution in [3.05, 3.63) is 38.9 Å². The van der Waals surface area contributed by atoms with Gasteiger partial charge >= 0.3 is 0 Å². The van der Waals surface area contributed by atoms with Crippen LogP contribution in [0.2, 0.25) is 5.02 Å². The Kier molecular flexibility index (Phi) is 4.72. The van der Waals surface area contributed by atoms with Crippen LogP contribution in [0, 0.1) is 10.1 Å². The van der Waals surface area contributed by atoms with Crippen molar-refractivity contribution >= 4 is 34.8 Å². The zero-order chi connectivity index (χ0) is 13.0. The van der Waals surface area contributed by atoms with Gasteiger partial charge in [-0.25, -0.2) is 0 Å². The van der Waals surface area contributed by atoms with E-state index in [1.807, 2.05) is 0 Å². The Labute approximate surface area is 108 Å². The van der Waals surface area contributed by atoms with Gasteiger partial charge in [-0.15, -0.1) is 11.6 Å². The highest BCUT2D eigenvalue weighted by atomic mass is 35.5. The van der Waals surface area contributed by atoms with Crippen LogP contribution in [0.25, 0.3) is 0 Å².